The fourth-order valence-electron chi connectivity index (χ4n) is 4.32. The number of ether oxygens (including phenoxy) is 1. The maximum Gasteiger partial charge on any atom is 0.339 e. The van der Waals surface area contributed by atoms with Gasteiger partial charge in [-0.3, -0.25) is 9.69 Å². The number of aryl methyl sites for hydroxylation is 1. The molecule has 1 aromatic heterocycles. The molecule has 0 saturated carbocycles. The topological polar surface area (TPSA) is 63.0 Å². The number of likely N-dealkylation sites (tertiary alicyclic amines) is 2. The smallest absolute Gasteiger partial charge is 0.339 e. The number of fused-ring (bicyclic) bond motifs is 1. The average Bonchev–Trinajstić information content (AvgIpc) is 2.66. The molecule has 1 aromatic carbocycles. The lowest BCUT2D eigenvalue weighted by atomic mass is 9.97. The fourth-order valence-corrected chi connectivity index (χ4v) is 4.53. The summed E-state index contributed by atoms with van der Waals surface area (Å²) >= 11 is 6.34. The van der Waals surface area contributed by atoms with E-state index in [1.54, 1.807) is 19.1 Å². The standard InChI is InChI=1S/C22H27ClN2O4/c1-13-6-4-5-7-25(13)16-10-24(11-16)21(26)12-28-20-9-19-17(8-18(20)23)14(2)15(3)22(27)29-19/h8-9,13,16H,4-7,10-12H2,1-3H3. The molecular formula is C22H27ClN2O4. The summed E-state index contributed by atoms with van der Waals surface area (Å²) in [6.45, 7) is 8.41. The van der Waals surface area contributed by atoms with E-state index < -0.39 is 0 Å². The molecule has 2 aromatic rings. The highest BCUT2D eigenvalue weighted by atomic mass is 35.5. The number of carbonyl (C=O) groups is 1. The van der Waals surface area contributed by atoms with Gasteiger partial charge in [-0.15, -0.1) is 0 Å². The monoisotopic (exact) mass is 418 g/mol. The van der Waals surface area contributed by atoms with Crippen molar-refractivity contribution in [1.29, 1.82) is 0 Å². The van der Waals surface area contributed by atoms with Crippen LogP contribution < -0.4 is 10.4 Å². The van der Waals surface area contributed by atoms with E-state index in [4.69, 9.17) is 20.8 Å². The van der Waals surface area contributed by atoms with Crippen LogP contribution in [0, 0.1) is 13.8 Å². The molecular weight excluding hydrogens is 392 g/mol. The number of amides is 1. The molecule has 0 radical (unpaired) electrons. The number of rotatable bonds is 4. The lowest BCUT2D eigenvalue weighted by molar-refractivity contribution is -0.142. The van der Waals surface area contributed by atoms with Gasteiger partial charge in [-0.1, -0.05) is 18.0 Å². The number of nitrogens with zero attached hydrogens (tertiary/aromatic N) is 2. The SMILES string of the molecule is Cc1c(C)c2cc(Cl)c(OCC(=O)N3CC(N4CCCCC4C)C3)cc2oc1=O. The molecule has 4 rings (SSSR count). The van der Waals surface area contributed by atoms with Gasteiger partial charge in [0.2, 0.25) is 0 Å². The van der Waals surface area contributed by atoms with Crippen molar-refractivity contribution in [2.24, 2.45) is 0 Å². The van der Waals surface area contributed by atoms with E-state index in [0.717, 1.165) is 30.6 Å². The van der Waals surface area contributed by atoms with E-state index in [1.807, 2.05) is 11.8 Å². The molecule has 6 nitrogen and oxygen atoms in total. The van der Waals surface area contributed by atoms with Gasteiger partial charge in [0.1, 0.15) is 11.3 Å². The Morgan fingerprint density at radius 3 is 2.72 bits per heavy atom. The van der Waals surface area contributed by atoms with E-state index in [-0.39, 0.29) is 18.1 Å². The molecule has 2 aliphatic heterocycles. The van der Waals surface area contributed by atoms with E-state index in [0.29, 0.717) is 34.0 Å². The number of hydrogen-bond donors (Lipinski definition) is 0. The second-order valence-corrected chi connectivity index (χ2v) is 8.65. The minimum Gasteiger partial charge on any atom is -0.482 e. The highest BCUT2D eigenvalue weighted by Gasteiger charge is 2.37. The highest BCUT2D eigenvalue weighted by Crippen LogP contribution is 2.32. The third kappa shape index (κ3) is 3.88. The Labute approximate surface area is 175 Å². The third-order valence-corrected chi connectivity index (χ3v) is 6.69. The molecule has 29 heavy (non-hydrogen) atoms. The lowest BCUT2D eigenvalue weighted by Gasteiger charge is -2.49. The van der Waals surface area contributed by atoms with Crippen LogP contribution in [0.15, 0.2) is 21.3 Å². The minimum absolute atomic E-state index is 0.0522. The highest BCUT2D eigenvalue weighted by molar-refractivity contribution is 6.32. The van der Waals surface area contributed by atoms with Crippen LogP contribution in [-0.2, 0) is 4.79 Å². The summed E-state index contributed by atoms with van der Waals surface area (Å²) in [7, 11) is 0. The van der Waals surface area contributed by atoms with Gasteiger partial charge in [-0.05, 0) is 51.8 Å². The molecule has 2 saturated heterocycles. The first kappa shape index (κ1) is 20.2. The maximum absolute atomic E-state index is 12.5. The van der Waals surface area contributed by atoms with E-state index in [1.165, 1.54) is 19.3 Å². The average molecular weight is 419 g/mol. The number of halogens is 1. The summed E-state index contributed by atoms with van der Waals surface area (Å²) in [5, 5.41) is 1.16. The van der Waals surface area contributed by atoms with Crippen molar-refractivity contribution in [3.63, 3.8) is 0 Å². The van der Waals surface area contributed by atoms with Crippen LogP contribution in [0.1, 0.15) is 37.3 Å². The Balaban J connectivity index is 1.38. The van der Waals surface area contributed by atoms with Gasteiger partial charge in [-0.25, -0.2) is 4.79 Å². The van der Waals surface area contributed by atoms with Gasteiger partial charge in [-0.2, -0.15) is 0 Å². The Kier molecular flexibility index (Phi) is 5.58. The predicted octanol–water partition coefficient (Wildman–Crippen LogP) is 3.53. The van der Waals surface area contributed by atoms with Crippen LogP contribution in [0.2, 0.25) is 5.02 Å². The van der Waals surface area contributed by atoms with Crippen molar-refractivity contribution in [2.45, 2.75) is 52.1 Å². The quantitative estimate of drug-likeness (QED) is 0.711. The van der Waals surface area contributed by atoms with E-state index in [9.17, 15) is 9.59 Å². The third-order valence-electron chi connectivity index (χ3n) is 6.40. The van der Waals surface area contributed by atoms with Crippen LogP contribution in [0.5, 0.6) is 5.75 Å². The second kappa shape index (κ2) is 8.00. The number of piperidine rings is 1. The van der Waals surface area contributed by atoms with Crippen molar-refractivity contribution in [2.75, 3.05) is 26.2 Å². The van der Waals surface area contributed by atoms with Crippen molar-refractivity contribution in [1.82, 2.24) is 9.80 Å². The largest absolute Gasteiger partial charge is 0.482 e. The fraction of sp³-hybridized carbons (Fsp3) is 0.545. The summed E-state index contributed by atoms with van der Waals surface area (Å²) in [5.41, 5.74) is 1.43. The first-order valence-corrected chi connectivity index (χ1v) is 10.6. The van der Waals surface area contributed by atoms with Crippen molar-refractivity contribution >= 4 is 28.5 Å². The van der Waals surface area contributed by atoms with Gasteiger partial charge in [0.05, 0.1) is 5.02 Å². The van der Waals surface area contributed by atoms with Crippen LogP contribution in [0.3, 0.4) is 0 Å². The molecule has 0 N–H and O–H groups in total. The summed E-state index contributed by atoms with van der Waals surface area (Å²) < 4.78 is 11.0. The van der Waals surface area contributed by atoms with Gasteiger partial charge in [0.25, 0.3) is 5.91 Å². The number of carbonyl (C=O) groups excluding carboxylic acids is 1. The molecule has 0 bridgehead atoms. The maximum atomic E-state index is 12.5. The van der Waals surface area contributed by atoms with Gasteiger partial charge in [0, 0.05) is 42.2 Å². The zero-order valence-corrected chi connectivity index (χ0v) is 17.9. The second-order valence-electron chi connectivity index (χ2n) is 8.24. The summed E-state index contributed by atoms with van der Waals surface area (Å²) in [6, 6.07) is 4.37. The van der Waals surface area contributed by atoms with Crippen molar-refractivity contribution < 1.29 is 13.9 Å². The zero-order valence-electron chi connectivity index (χ0n) is 17.2. The minimum atomic E-state index is -0.377. The first-order valence-electron chi connectivity index (χ1n) is 10.2. The van der Waals surface area contributed by atoms with Gasteiger partial charge >= 0.3 is 5.63 Å². The molecule has 7 heteroatoms. The molecule has 1 unspecified atom stereocenters. The summed E-state index contributed by atoms with van der Waals surface area (Å²) in [6.07, 6.45) is 3.78. The van der Waals surface area contributed by atoms with E-state index in [2.05, 4.69) is 11.8 Å². The molecule has 1 atom stereocenters. The summed E-state index contributed by atoms with van der Waals surface area (Å²) in [4.78, 5) is 28.8. The molecule has 2 fully saturated rings. The molecule has 3 heterocycles. The van der Waals surface area contributed by atoms with Crippen LogP contribution in [-0.4, -0.2) is 54.0 Å². The number of benzene rings is 1. The van der Waals surface area contributed by atoms with Crippen molar-refractivity contribution in [3.05, 3.63) is 38.7 Å². The van der Waals surface area contributed by atoms with Crippen LogP contribution in [0.25, 0.3) is 11.0 Å². The molecule has 0 aliphatic carbocycles. The Morgan fingerprint density at radius 2 is 2.00 bits per heavy atom. The summed E-state index contributed by atoms with van der Waals surface area (Å²) in [5.74, 6) is 0.296. The van der Waals surface area contributed by atoms with Gasteiger partial charge < -0.3 is 14.1 Å². The molecule has 0 spiro atoms. The molecule has 2 aliphatic rings. The lowest BCUT2D eigenvalue weighted by Crippen LogP contribution is -2.64. The number of hydrogen-bond acceptors (Lipinski definition) is 5. The Bertz CT molecular complexity index is 996. The van der Waals surface area contributed by atoms with E-state index >= 15 is 0 Å². The Morgan fingerprint density at radius 1 is 1.24 bits per heavy atom. The van der Waals surface area contributed by atoms with Crippen molar-refractivity contribution in [3.8, 4) is 5.75 Å². The van der Waals surface area contributed by atoms with Crippen LogP contribution >= 0.6 is 11.6 Å². The molecule has 156 valence electrons. The normalized spacial score (nSPS) is 20.7. The predicted molar refractivity (Wildman–Crippen MR) is 113 cm³/mol. The Hall–Kier alpha value is -2.05. The first-order chi connectivity index (χ1) is 13.8. The van der Waals surface area contributed by atoms with Gasteiger partial charge in [0.15, 0.2) is 6.61 Å². The molecule has 1 amide bonds. The van der Waals surface area contributed by atoms with Crippen LogP contribution in [0.4, 0.5) is 0 Å². The zero-order chi connectivity index (χ0) is 20.7.